The SMILES string of the molecule is CCCCCCCCN1C(=O)C(c2cc3sc(Br)cc3s2)=C2C1=C(c1cc3sc(Br)cc3s1)C(=O)N2CCCCCCCC. The van der Waals surface area contributed by atoms with E-state index in [-0.39, 0.29) is 11.8 Å². The number of thiophene rings is 4. The lowest BCUT2D eigenvalue weighted by Crippen LogP contribution is -2.28. The highest BCUT2D eigenvalue weighted by Gasteiger charge is 2.48. The quantitative estimate of drug-likeness (QED) is 0.106. The first-order chi connectivity index (χ1) is 21.4. The Morgan fingerprint density at radius 1 is 0.523 bits per heavy atom. The average Bonchev–Trinajstić information content (AvgIpc) is 3.80. The molecule has 2 aliphatic rings. The minimum Gasteiger partial charge on any atom is -0.305 e. The van der Waals surface area contributed by atoms with E-state index in [0.29, 0.717) is 24.2 Å². The summed E-state index contributed by atoms with van der Waals surface area (Å²) in [6, 6.07) is 8.59. The number of hydrogen-bond acceptors (Lipinski definition) is 6. The van der Waals surface area contributed by atoms with Gasteiger partial charge in [-0.1, -0.05) is 78.1 Å². The summed E-state index contributed by atoms with van der Waals surface area (Å²) in [4.78, 5) is 34.9. The van der Waals surface area contributed by atoms with Crippen molar-refractivity contribution in [2.75, 3.05) is 13.1 Å². The molecule has 4 aromatic rings. The summed E-state index contributed by atoms with van der Waals surface area (Å²) in [6.07, 6.45) is 13.9. The van der Waals surface area contributed by atoms with E-state index in [1.165, 1.54) is 70.2 Å². The van der Waals surface area contributed by atoms with Gasteiger partial charge in [0, 0.05) is 41.6 Å². The van der Waals surface area contributed by atoms with Gasteiger partial charge in [0.25, 0.3) is 11.8 Å². The van der Waals surface area contributed by atoms with Crippen LogP contribution in [-0.4, -0.2) is 34.7 Å². The topological polar surface area (TPSA) is 40.6 Å². The van der Waals surface area contributed by atoms with Gasteiger partial charge in [0.1, 0.15) is 0 Å². The number of carbonyl (C=O) groups is 2. The van der Waals surface area contributed by atoms with Crippen LogP contribution in [0.4, 0.5) is 0 Å². The highest BCUT2D eigenvalue weighted by Crippen LogP contribution is 2.51. The predicted molar refractivity (Wildman–Crippen MR) is 199 cm³/mol. The Balaban J connectivity index is 1.41. The van der Waals surface area contributed by atoms with E-state index in [2.05, 4.69) is 70.0 Å². The van der Waals surface area contributed by atoms with E-state index in [0.717, 1.165) is 54.4 Å². The van der Waals surface area contributed by atoms with Crippen LogP contribution in [0.1, 0.15) is 101 Å². The van der Waals surface area contributed by atoms with Crippen LogP contribution >= 0.6 is 77.2 Å². The second-order valence-corrected chi connectivity index (χ2v) is 18.8. The van der Waals surface area contributed by atoms with E-state index in [1.54, 1.807) is 45.3 Å². The Kier molecular flexibility index (Phi) is 10.9. The number of unbranched alkanes of at least 4 members (excludes halogenated alkanes) is 10. The highest BCUT2D eigenvalue weighted by molar-refractivity contribution is 9.11. The molecule has 6 rings (SSSR count). The molecule has 0 spiro atoms. The fraction of sp³-hybridized carbons (Fsp3) is 0.471. The summed E-state index contributed by atoms with van der Waals surface area (Å²) in [5.41, 5.74) is 3.12. The minimum atomic E-state index is 0.0515. The molecule has 6 heterocycles. The fourth-order valence-corrected chi connectivity index (χ4v) is 12.4. The van der Waals surface area contributed by atoms with Gasteiger partial charge in [0.15, 0.2) is 0 Å². The lowest BCUT2D eigenvalue weighted by molar-refractivity contribution is -0.122. The van der Waals surface area contributed by atoms with Gasteiger partial charge in [-0.25, -0.2) is 0 Å². The van der Waals surface area contributed by atoms with Crippen LogP contribution in [-0.2, 0) is 9.59 Å². The Bertz CT molecular complexity index is 1550. The second-order valence-electron chi connectivity index (χ2n) is 11.7. The third-order valence-electron chi connectivity index (χ3n) is 8.47. The van der Waals surface area contributed by atoms with E-state index >= 15 is 0 Å². The molecule has 2 aliphatic heterocycles. The molecule has 4 aromatic heterocycles. The second kappa shape index (κ2) is 14.6. The first kappa shape index (κ1) is 32.6. The monoisotopic (exact) mass is 792 g/mol. The molecule has 0 fully saturated rings. The van der Waals surface area contributed by atoms with Gasteiger partial charge in [-0.05, 0) is 69.0 Å². The Labute approximate surface area is 293 Å². The summed E-state index contributed by atoms with van der Waals surface area (Å²) >= 11 is 14.0. The molecule has 0 aromatic carbocycles. The molecule has 234 valence electrons. The van der Waals surface area contributed by atoms with E-state index < -0.39 is 0 Å². The molecule has 0 bridgehead atoms. The predicted octanol–water partition coefficient (Wildman–Crippen LogP) is 12.3. The third kappa shape index (κ3) is 6.58. The number of halogens is 2. The Morgan fingerprint density at radius 3 is 1.27 bits per heavy atom. The van der Waals surface area contributed by atoms with Crippen LogP contribution in [0.25, 0.3) is 29.9 Å². The maximum Gasteiger partial charge on any atom is 0.262 e. The number of rotatable bonds is 16. The molecule has 2 amide bonds. The van der Waals surface area contributed by atoms with Crippen LogP contribution in [0.5, 0.6) is 0 Å². The van der Waals surface area contributed by atoms with Gasteiger partial charge in [0.2, 0.25) is 0 Å². The van der Waals surface area contributed by atoms with Gasteiger partial charge < -0.3 is 9.80 Å². The summed E-state index contributed by atoms with van der Waals surface area (Å²) in [5, 5.41) is 0. The molecule has 0 atom stereocenters. The molecule has 0 unspecified atom stereocenters. The minimum absolute atomic E-state index is 0.0515. The summed E-state index contributed by atoms with van der Waals surface area (Å²) in [6.45, 7) is 5.76. The van der Waals surface area contributed by atoms with Crippen LogP contribution in [0, 0.1) is 0 Å². The highest BCUT2D eigenvalue weighted by atomic mass is 79.9. The van der Waals surface area contributed by atoms with Crippen LogP contribution in [0.15, 0.2) is 43.2 Å². The molecule has 0 radical (unpaired) electrons. The van der Waals surface area contributed by atoms with Gasteiger partial charge in [0.05, 0.1) is 30.1 Å². The molecular weight excluding hydrogens is 756 g/mol. The standard InChI is InChI=1S/C34H38Br2N2O2S4/c1-3-5-7-9-11-13-15-37-31-29(25-17-21-23(41-25)19-27(35)43-21)34(40)38(16-14-12-10-8-6-4-2)32(31)30(33(37)39)26-18-22-24(42-26)20-28(36)44-22/h17-20H,3-16H2,1-2H3. The molecule has 0 aliphatic carbocycles. The van der Waals surface area contributed by atoms with Crippen molar-refractivity contribution < 1.29 is 9.59 Å². The summed E-state index contributed by atoms with van der Waals surface area (Å²) in [7, 11) is 0. The van der Waals surface area contributed by atoms with Crippen molar-refractivity contribution in [2.45, 2.75) is 90.9 Å². The first-order valence-corrected chi connectivity index (χ1v) is 20.8. The molecule has 44 heavy (non-hydrogen) atoms. The fourth-order valence-electron chi connectivity index (χ4n) is 6.27. The molecular formula is C34H38Br2N2O2S4. The summed E-state index contributed by atoms with van der Waals surface area (Å²) in [5.74, 6) is 0.103. The Hall–Kier alpha value is -1.30. The lowest BCUT2D eigenvalue weighted by atomic mass is 10.1. The third-order valence-corrected chi connectivity index (χ3v) is 14.1. The number of nitrogens with zero attached hydrogens (tertiary/aromatic N) is 2. The smallest absolute Gasteiger partial charge is 0.262 e. The van der Waals surface area contributed by atoms with Crippen molar-refractivity contribution in [3.8, 4) is 0 Å². The summed E-state index contributed by atoms with van der Waals surface area (Å²) < 4.78 is 6.89. The average molecular weight is 795 g/mol. The van der Waals surface area contributed by atoms with E-state index in [1.807, 2.05) is 9.80 Å². The van der Waals surface area contributed by atoms with Crippen LogP contribution in [0.2, 0.25) is 0 Å². The largest absolute Gasteiger partial charge is 0.305 e. The van der Waals surface area contributed by atoms with Crippen LogP contribution < -0.4 is 0 Å². The van der Waals surface area contributed by atoms with Gasteiger partial charge in [-0.2, -0.15) is 0 Å². The Morgan fingerprint density at radius 2 is 0.886 bits per heavy atom. The number of hydrogen-bond donors (Lipinski definition) is 0. The maximum absolute atomic E-state index is 14.5. The first-order valence-electron chi connectivity index (χ1n) is 15.9. The van der Waals surface area contributed by atoms with E-state index in [9.17, 15) is 9.59 Å². The van der Waals surface area contributed by atoms with Crippen molar-refractivity contribution in [3.63, 3.8) is 0 Å². The van der Waals surface area contributed by atoms with Gasteiger partial charge in [-0.3, -0.25) is 9.59 Å². The normalized spacial score (nSPS) is 15.5. The zero-order valence-electron chi connectivity index (χ0n) is 25.3. The van der Waals surface area contributed by atoms with Crippen molar-refractivity contribution >= 4 is 119 Å². The van der Waals surface area contributed by atoms with Crippen molar-refractivity contribution in [1.29, 1.82) is 0 Å². The molecule has 0 saturated carbocycles. The molecule has 0 N–H and O–H groups in total. The zero-order chi connectivity index (χ0) is 30.8. The number of amides is 2. The molecule has 10 heteroatoms. The van der Waals surface area contributed by atoms with Crippen LogP contribution in [0.3, 0.4) is 0 Å². The van der Waals surface area contributed by atoms with Crippen molar-refractivity contribution in [2.24, 2.45) is 0 Å². The number of fused-ring (bicyclic) bond motifs is 3. The number of carbonyl (C=O) groups excluding carboxylic acids is 2. The van der Waals surface area contributed by atoms with Gasteiger partial charge in [-0.15, -0.1) is 45.3 Å². The molecule has 0 saturated heterocycles. The van der Waals surface area contributed by atoms with Crippen molar-refractivity contribution in [3.05, 3.63) is 53.0 Å². The maximum atomic E-state index is 14.5. The lowest BCUT2D eigenvalue weighted by Gasteiger charge is -2.20. The van der Waals surface area contributed by atoms with E-state index in [4.69, 9.17) is 0 Å². The molecule has 4 nitrogen and oxygen atoms in total. The zero-order valence-corrected chi connectivity index (χ0v) is 31.7. The van der Waals surface area contributed by atoms with Gasteiger partial charge >= 0.3 is 0 Å². The van der Waals surface area contributed by atoms with Crippen molar-refractivity contribution in [1.82, 2.24) is 9.80 Å².